The molecule has 1 aromatic heterocycles. The summed E-state index contributed by atoms with van der Waals surface area (Å²) in [5.74, 6) is 0. The Hall–Kier alpha value is -1.94. The van der Waals surface area contributed by atoms with Gasteiger partial charge in [-0.15, -0.1) is 0 Å². The molecule has 2 heterocycles. The van der Waals surface area contributed by atoms with Gasteiger partial charge in [0, 0.05) is 9.89 Å². The van der Waals surface area contributed by atoms with Crippen LogP contribution in [0, 0.1) is 0 Å². The van der Waals surface area contributed by atoms with Gasteiger partial charge >= 0.3 is 0 Å². The Morgan fingerprint density at radius 2 is 1.78 bits per heavy atom. The zero-order valence-electron chi connectivity index (χ0n) is 10.2. The van der Waals surface area contributed by atoms with E-state index in [1.807, 2.05) is 23.1 Å². The quantitative estimate of drug-likeness (QED) is 0.736. The second-order valence-corrected chi connectivity index (χ2v) is 4.27. The fourth-order valence-corrected chi connectivity index (χ4v) is 2.10. The lowest BCUT2D eigenvalue weighted by Gasteiger charge is -2.20. The molecule has 3 rings (SSSR count). The molecule has 0 aliphatic carbocycles. The van der Waals surface area contributed by atoms with E-state index in [0.29, 0.717) is 0 Å². The lowest BCUT2D eigenvalue weighted by Crippen LogP contribution is -2.63. The molecule has 2 aromatic rings. The summed E-state index contributed by atoms with van der Waals surface area (Å²) in [5, 5.41) is 6.57. The molecule has 4 heteroatoms. The number of benzene rings is 1. The van der Waals surface area contributed by atoms with Gasteiger partial charge in [0.05, 0.1) is 38.1 Å². The highest BCUT2D eigenvalue weighted by Crippen LogP contribution is 2.15. The van der Waals surface area contributed by atoms with Gasteiger partial charge in [-0.25, -0.2) is 0 Å². The minimum Gasteiger partial charge on any atom is -0.377 e. The van der Waals surface area contributed by atoms with Crippen molar-refractivity contribution in [2.75, 3.05) is 31.3 Å². The molecule has 18 heavy (non-hydrogen) atoms. The zero-order chi connectivity index (χ0) is 12.2. The molecule has 4 nitrogen and oxygen atoms in total. The van der Waals surface area contributed by atoms with Crippen LogP contribution >= 0.6 is 0 Å². The van der Waals surface area contributed by atoms with E-state index in [-0.39, 0.29) is 0 Å². The van der Waals surface area contributed by atoms with Crippen LogP contribution in [-0.2, 0) is 4.74 Å². The van der Waals surface area contributed by atoms with Gasteiger partial charge in [0.15, 0.2) is 0 Å². The standard InChI is InChI=1S/C14H16N3O/c1-2-4-13(5-3-1)14-6-7-15-17(12-14)16-8-10-18-11-9-16/h1-7,12H,8-11H2/q+1. The monoisotopic (exact) mass is 242 g/mol. The van der Waals surface area contributed by atoms with E-state index in [1.54, 1.807) is 0 Å². The van der Waals surface area contributed by atoms with Gasteiger partial charge in [-0.05, 0) is 11.6 Å². The van der Waals surface area contributed by atoms with Crippen LogP contribution in [0.2, 0.25) is 0 Å². The number of hydrogen-bond acceptors (Lipinski definition) is 3. The fourth-order valence-electron chi connectivity index (χ4n) is 2.10. The molecule has 1 aromatic carbocycles. The van der Waals surface area contributed by atoms with Crippen molar-refractivity contribution >= 4 is 0 Å². The first-order valence-corrected chi connectivity index (χ1v) is 6.20. The molecule has 0 atom stereocenters. The molecule has 0 bridgehead atoms. The van der Waals surface area contributed by atoms with E-state index in [4.69, 9.17) is 4.74 Å². The van der Waals surface area contributed by atoms with Gasteiger partial charge in [0.1, 0.15) is 0 Å². The van der Waals surface area contributed by atoms with Crippen molar-refractivity contribution in [3.05, 3.63) is 48.8 Å². The van der Waals surface area contributed by atoms with Gasteiger partial charge in [0.25, 0.3) is 0 Å². The summed E-state index contributed by atoms with van der Waals surface area (Å²) in [6, 6.07) is 12.4. The van der Waals surface area contributed by atoms with Gasteiger partial charge < -0.3 is 4.74 Å². The van der Waals surface area contributed by atoms with Crippen LogP contribution in [0.4, 0.5) is 0 Å². The van der Waals surface area contributed by atoms with E-state index >= 15 is 0 Å². The molecule has 92 valence electrons. The number of nitrogens with zero attached hydrogens (tertiary/aromatic N) is 3. The highest BCUT2D eigenvalue weighted by atomic mass is 16.5. The third-order valence-corrected chi connectivity index (χ3v) is 3.08. The Labute approximate surface area is 106 Å². The molecule has 1 saturated heterocycles. The highest BCUT2D eigenvalue weighted by Gasteiger charge is 2.19. The molecule has 0 saturated carbocycles. The van der Waals surface area contributed by atoms with Crippen LogP contribution in [0.15, 0.2) is 48.8 Å². The molecule has 1 fully saturated rings. The Morgan fingerprint density at radius 3 is 2.56 bits per heavy atom. The summed E-state index contributed by atoms with van der Waals surface area (Å²) in [7, 11) is 0. The average Bonchev–Trinajstić information content (AvgIpc) is 2.49. The summed E-state index contributed by atoms with van der Waals surface area (Å²) in [4.78, 5) is 1.92. The molecular weight excluding hydrogens is 226 g/mol. The number of aromatic nitrogens is 2. The molecule has 1 aliphatic rings. The minimum atomic E-state index is 0.768. The third kappa shape index (κ3) is 2.33. The van der Waals surface area contributed by atoms with Crippen LogP contribution in [0.5, 0.6) is 0 Å². The van der Waals surface area contributed by atoms with Crippen molar-refractivity contribution < 1.29 is 9.53 Å². The van der Waals surface area contributed by atoms with Crippen LogP contribution < -0.4 is 9.80 Å². The maximum absolute atomic E-state index is 5.35. The Balaban J connectivity index is 1.89. The van der Waals surface area contributed by atoms with Crippen molar-refractivity contribution in [2.24, 2.45) is 0 Å². The predicted octanol–water partition coefficient (Wildman–Crippen LogP) is 1.00. The molecular formula is C14H16N3O+. The topological polar surface area (TPSA) is 29.2 Å². The number of hydrogen-bond donors (Lipinski definition) is 0. The zero-order valence-corrected chi connectivity index (χ0v) is 10.2. The van der Waals surface area contributed by atoms with Crippen molar-refractivity contribution in [1.82, 2.24) is 5.10 Å². The second kappa shape index (κ2) is 5.14. The van der Waals surface area contributed by atoms with E-state index in [2.05, 4.69) is 40.6 Å². The number of morpholine rings is 1. The maximum atomic E-state index is 5.35. The minimum absolute atomic E-state index is 0.768. The van der Waals surface area contributed by atoms with E-state index in [9.17, 15) is 0 Å². The lowest BCUT2D eigenvalue weighted by atomic mass is 10.1. The highest BCUT2D eigenvalue weighted by molar-refractivity contribution is 5.60. The van der Waals surface area contributed by atoms with Crippen molar-refractivity contribution in [3.63, 3.8) is 0 Å². The summed E-state index contributed by atoms with van der Waals surface area (Å²) >= 11 is 0. The molecule has 0 amide bonds. The largest absolute Gasteiger partial charge is 0.377 e. The lowest BCUT2D eigenvalue weighted by molar-refractivity contribution is -0.751. The van der Waals surface area contributed by atoms with E-state index < -0.39 is 0 Å². The Morgan fingerprint density at radius 1 is 1.00 bits per heavy atom. The number of ether oxygens (including phenoxy) is 1. The molecule has 0 unspecified atom stereocenters. The van der Waals surface area contributed by atoms with Gasteiger partial charge in [-0.3, -0.25) is 0 Å². The second-order valence-electron chi connectivity index (χ2n) is 4.27. The molecule has 1 aliphatic heterocycles. The SMILES string of the molecule is c1ccc(-c2ccn[n+](N3CCOCC3)c2)cc1. The summed E-state index contributed by atoms with van der Waals surface area (Å²) < 4.78 is 5.35. The number of rotatable bonds is 2. The third-order valence-electron chi connectivity index (χ3n) is 3.08. The van der Waals surface area contributed by atoms with Crippen LogP contribution in [0.1, 0.15) is 0 Å². The Bertz CT molecular complexity index is 509. The van der Waals surface area contributed by atoms with Gasteiger partial charge in [-0.1, -0.05) is 30.3 Å². The molecule has 0 N–H and O–H groups in total. The molecule has 0 radical (unpaired) electrons. The molecule has 0 spiro atoms. The van der Waals surface area contributed by atoms with Crippen molar-refractivity contribution in [3.8, 4) is 11.1 Å². The normalized spacial score (nSPS) is 15.7. The maximum Gasteiger partial charge on any atom is 0.238 e. The van der Waals surface area contributed by atoms with E-state index in [1.165, 1.54) is 11.1 Å². The van der Waals surface area contributed by atoms with Crippen LogP contribution in [0.3, 0.4) is 0 Å². The van der Waals surface area contributed by atoms with Crippen LogP contribution in [0.25, 0.3) is 11.1 Å². The van der Waals surface area contributed by atoms with E-state index in [0.717, 1.165) is 26.3 Å². The first-order valence-electron chi connectivity index (χ1n) is 6.20. The smallest absolute Gasteiger partial charge is 0.238 e. The predicted molar refractivity (Wildman–Crippen MR) is 68.6 cm³/mol. The van der Waals surface area contributed by atoms with Gasteiger partial charge in [0.2, 0.25) is 6.20 Å². The van der Waals surface area contributed by atoms with Crippen molar-refractivity contribution in [2.45, 2.75) is 0 Å². The fraction of sp³-hybridized carbons (Fsp3) is 0.286. The van der Waals surface area contributed by atoms with Gasteiger partial charge in [-0.2, -0.15) is 5.01 Å². The van der Waals surface area contributed by atoms with Crippen molar-refractivity contribution in [1.29, 1.82) is 0 Å². The average molecular weight is 242 g/mol. The first-order chi connectivity index (χ1) is 8.93. The summed E-state index contributed by atoms with van der Waals surface area (Å²) in [6.07, 6.45) is 3.92. The summed E-state index contributed by atoms with van der Waals surface area (Å²) in [5.41, 5.74) is 2.39. The summed E-state index contributed by atoms with van der Waals surface area (Å²) in [6.45, 7) is 3.31. The Kier molecular flexibility index (Phi) is 3.19. The van der Waals surface area contributed by atoms with Crippen LogP contribution in [-0.4, -0.2) is 31.4 Å². The first kappa shape index (κ1) is 11.2.